The zero-order chi connectivity index (χ0) is 13.0. The lowest BCUT2D eigenvalue weighted by Crippen LogP contribution is -2.45. The smallest absolute Gasteiger partial charge is 0.239 e. The molecular formula is C15H22N2O. The minimum absolute atomic E-state index is 0.0503. The third-order valence-electron chi connectivity index (χ3n) is 3.68. The van der Waals surface area contributed by atoms with Crippen LogP contribution < -0.4 is 5.32 Å². The number of hydrogen-bond acceptors (Lipinski definition) is 2. The maximum absolute atomic E-state index is 12.2. The second kappa shape index (κ2) is 6.01. The van der Waals surface area contributed by atoms with E-state index in [0.29, 0.717) is 6.04 Å². The molecule has 1 saturated heterocycles. The fourth-order valence-corrected chi connectivity index (χ4v) is 2.44. The number of nitrogens with zero attached hydrogens (tertiary/aromatic N) is 1. The number of nitrogens with one attached hydrogen (secondary N) is 1. The van der Waals surface area contributed by atoms with Crippen molar-refractivity contribution in [2.24, 2.45) is 0 Å². The van der Waals surface area contributed by atoms with Crippen LogP contribution in [-0.2, 0) is 11.2 Å². The van der Waals surface area contributed by atoms with Gasteiger partial charge in [-0.15, -0.1) is 0 Å². The highest BCUT2D eigenvalue weighted by Gasteiger charge is 2.27. The first-order chi connectivity index (χ1) is 8.68. The van der Waals surface area contributed by atoms with Crippen LogP contribution in [0.3, 0.4) is 0 Å². The molecular weight excluding hydrogens is 224 g/mol. The molecule has 1 fully saturated rings. The summed E-state index contributed by atoms with van der Waals surface area (Å²) >= 11 is 0. The molecule has 0 bridgehead atoms. The first-order valence-electron chi connectivity index (χ1n) is 6.76. The van der Waals surface area contributed by atoms with Gasteiger partial charge in [0.15, 0.2) is 0 Å². The maximum Gasteiger partial charge on any atom is 0.239 e. The minimum atomic E-state index is -0.0503. The normalized spacial score (nSPS) is 25.0. The second-order valence-corrected chi connectivity index (χ2v) is 5.08. The van der Waals surface area contributed by atoms with E-state index in [9.17, 15) is 4.79 Å². The van der Waals surface area contributed by atoms with Crippen molar-refractivity contribution in [3.8, 4) is 0 Å². The maximum atomic E-state index is 12.2. The Morgan fingerprint density at radius 2 is 2.00 bits per heavy atom. The number of amides is 1. The van der Waals surface area contributed by atoms with Crippen molar-refractivity contribution in [1.82, 2.24) is 10.2 Å². The highest BCUT2D eigenvalue weighted by atomic mass is 16.2. The van der Waals surface area contributed by atoms with E-state index < -0.39 is 0 Å². The zero-order valence-electron chi connectivity index (χ0n) is 11.2. The Morgan fingerprint density at radius 1 is 1.28 bits per heavy atom. The van der Waals surface area contributed by atoms with Crippen molar-refractivity contribution in [3.63, 3.8) is 0 Å². The quantitative estimate of drug-likeness (QED) is 0.882. The molecule has 1 aromatic rings. The predicted molar refractivity (Wildman–Crippen MR) is 73.4 cm³/mol. The van der Waals surface area contributed by atoms with Gasteiger partial charge in [-0.25, -0.2) is 0 Å². The average Bonchev–Trinajstić information content (AvgIpc) is 2.50. The van der Waals surface area contributed by atoms with Crippen molar-refractivity contribution < 1.29 is 4.79 Å². The van der Waals surface area contributed by atoms with Gasteiger partial charge in [-0.2, -0.15) is 0 Å². The summed E-state index contributed by atoms with van der Waals surface area (Å²) in [6, 6.07) is 10.6. The molecule has 1 aromatic carbocycles. The number of carbonyl (C=O) groups is 1. The van der Waals surface area contributed by atoms with Gasteiger partial charge in [-0.05, 0) is 38.8 Å². The molecule has 98 valence electrons. The van der Waals surface area contributed by atoms with E-state index in [1.54, 1.807) is 0 Å². The van der Waals surface area contributed by atoms with Crippen LogP contribution >= 0.6 is 0 Å². The summed E-state index contributed by atoms with van der Waals surface area (Å²) in [7, 11) is 0. The van der Waals surface area contributed by atoms with Gasteiger partial charge >= 0.3 is 0 Å². The fourth-order valence-electron chi connectivity index (χ4n) is 2.44. The van der Waals surface area contributed by atoms with E-state index in [4.69, 9.17) is 0 Å². The molecule has 1 aliphatic heterocycles. The molecule has 0 spiro atoms. The predicted octanol–water partition coefficient (Wildman–Crippen LogP) is 1.83. The van der Waals surface area contributed by atoms with Gasteiger partial charge in [0.25, 0.3) is 0 Å². The lowest BCUT2D eigenvalue weighted by atomic mass is 10.1. The van der Waals surface area contributed by atoms with E-state index in [0.717, 1.165) is 25.9 Å². The third-order valence-corrected chi connectivity index (χ3v) is 3.68. The summed E-state index contributed by atoms with van der Waals surface area (Å²) in [5, 5.41) is 3.26. The molecule has 0 saturated carbocycles. The molecule has 1 heterocycles. The molecule has 3 nitrogen and oxygen atoms in total. The van der Waals surface area contributed by atoms with Crippen LogP contribution in [0.4, 0.5) is 0 Å². The van der Waals surface area contributed by atoms with E-state index in [1.165, 1.54) is 5.56 Å². The average molecular weight is 246 g/mol. The van der Waals surface area contributed by atoms with E-state index in [-0.39, 0.29) is 11.9 Å². The standard InChI is InChI=1S/C15H22N2O/c1-12-8-10-16-13(2)15(18)17(12)11-9-14-6-4-3-5-7-14/h3-7,12-13,16H,8-11H2,1-2H3. The number of rotatable bonds is 3. The van der Waals surface area contributed by atoms with Crippen LogP contribution in [0.1, 0.15) is 25.8 Å². The van der Waals surface area contributed by atoms with Crippen molar-refractivity contribution in [3.05, 3.63) is 35.9 Å². The number of hydrogen-bond donors (Lipinski definition) is 1. The summed E-state index contributed by atoms with van der Waals surface area (Å²) < 4.78 is 0. The summed E-state index contributed by atoms with van der Waals surface area (Å²) in [6.45, 7) is 5.84. The van der Waals surface area contributed by atoms with Gasteiger partial charge < -0.3 is 10.2 Å². The van der Waals surface area contributed by atoms with E-state index in [1.807, 2.05) is 30.0 Å². The Morgan fingerprint density at radius 3 is 2.72 bits per heavy atom. The Bertz CT molecular complexity index is 391. The van der Waals surface area contributed by atoms with Gasteiger partial charge in [-0.3, -0.25) is 4.79 Å². The monoisotopic (exact) mass is 246 g/mol. The van der Waals surface area contributed by atoms with Gasteiger partial charge in [0.1, 0.15) is 0 Å². The van der Waals surface area contributed by atoms with Gasteiger partial charge in [-0.1, -0.05) is 30.3 Å². The fraction of sp³-hybridized carbons (Fsp3) is 0.533. The van der Waals surface area contributed by atoms with Crippen molar-refractivity contribution in [1.29, 1.82) is 0 Å². The Hall–Kier alpha value is -1.35. The van der Waals surface area contributed by atoms with Crippen LogP contribution in [0.2, 0.25) is 0 Å². The van der Waals surface area contributed by atoms with Crippen LogP contribution in [0.25, 0.3) is 0 Å². The second-order valence-electron chi connectivity index (χ2n) is 5.08. The van der Waals surface area contributed by atoms with Gasteiger partial charge in [0, 0.05) is 12.6 Å². The molecule has 0 radical (unpaired) electrons. The van der Waals surface area contributed by atoms with Crippen molar-refractivity contribution in [2.45, 2.75) is 38.8 Å². The Balaban J connectivity index is 1.99. The molecule has 2 rings (SSSR count). The first kappa shape index (κ1) is 13.1. The molecule has 18 heavy (non-hydrogen) atoms. The van der Waals surface area contributed by atoms with Gasteiger partial charge in [0.05, 0.1) is 6.04 Å². The van der Waals surface area contributed by atoms with Crippen LogP contribution in [-0.4, -0.2) is 36.0 Å². The molecule has 2 unspecified atom stereocenters. The molecule has 1 N–H and O–H groups in total. The van der Waals surface area contributed by atoms with Crippen molar-refractivity contribution >= 4 is 5.91 Å². The highest BCUT2D eigenvalue weighted by Crippen LogP contribution is 2.12. The molecule has 1 aliphatic rings. The SMILES string of the molecule is CC1NCCC(C)N(CCc2ccccc2)C1=O. The van der Waals surface area contributed by atoms with E-state index in [2.05, 4.69) is 24.4 Å². The largest absolute Gasteiger partial charge is 0.338 e. The first-order valence-corrected chi connectivity index (χ1v) is 6.76. The van der Waals surface area contributed by atoms with Crippen LogP contribution in [0.15, 0.2) is 30.3 Å². The number of benzene rings is 1. The minimum Gasteiger partial charge on any atom is -0.338 e. The topological polar surface area (TPSA) is 32.3 Å². The molecule has 2 atom stereocenters. The molecule has 0 aliphatic carbocycles. The zero-order valence-corrected chi connectivity index (χ0v) is 11.2. The Labute approximate surface area is 109 Å². The summed E-state index contributed by atoms with van der Waals surface area (Å²) in [4.78, 5) is 14.3. The van der Waals surface area contributed by atoms with Crippen molar-refractivity contribution in [2.75, 3.05) is 13.1 Å². The molecule has 3 heteroatoms. The molecule has 0 aromatic heterocycles. The third kappa shape index (κ3) is 3.10. The summed E-state index contributed by atoms with van der Waals surface area (Å²) in [6.07, 6.45) is 1.97. The summed E-state index contributed by atoms with van der Waals surface area (Å²) in [5.74, 6) is 0.232. The lowest BCUT2D eigenvalue weighted by molar-refractivity contribution is -0.134. The van der Waals surface area contributed by atoms with Crippen LogP contribution in [0, 0.1) is 0 Å². The highest BCUT2D eigenvalue weighted by molar-refractivity contribution is 5.82. The van der Waals surface area contributed by atoms with Crippen LogP contribution in [0.5, 0.6) is 0 Å². The lowest BCUT2D eigenvalue weighted by Gasteiger charge is -2.28. The Kier molecular flexibility index (Phi) is 4.37. The van der Waals surface area contributed by atoms with Gasteiger partial charge in [0.2, 0.25) is 5.91 Å². The summed E-state index contributed by atoms with van der Waals surface area (Å²) in [5.41, 5.74) is 1.29. The number of carbonyl (C=O) groups excluding carboxylic acids is 1. The molecule has 1 amide bonds. The van der Waals surface area contributed by atoms with E-state index >= 15 is 0 Å².